The van der Waals surface area contributed by atoms with Crippen LogP contribution < -0.4 is 10.6 Å². The Bertz CT molecular complexity index is 999. The minimum absolute atomic E-state index is 0.0216. The zero-order valence-electron chi connectivity index (χ0n) is 17.4. The van der Waals surface area contributed by atoms with Crippen molar-refractivity contribution in [2.45, 2.75) is 62.0 Å². The summed E-state index contributed by atoms with van der Waals surface area (Å²) in [5.74, 6) is -0.521. The number of carbonyl (C=O) groups excluding carboxylic acids is 3. The highest BCUT2D eigenvalue weighted by Crippen LogP contribution is 2.39. The van der Waals surface area contributed by atoms with Crippen molar-refractivity contribution < 1.29 is 19.1 Å². The summed E-state index contributed by atoms with van der Waals surface area (Å²) in [6.45, 7) is 3.85. The summed E-state index contributed by atoms with van der Waals surface area (Å²) in [4.78, 5) is 38.4. The van der Waals surface area contributed by atoms with E-state index in [9.17, 15) is 14.4 Å². The first-order valence-corrected chi connectivity index (χ1v) is 12.9. The number of aryl methyl sites for hydroxylation is 1. The second-order valence-corrected chi connectivity index (χ2v) is 11.2. The first kappa shape index (κ1) is 22.2. The number of aromatic nitrogens is 2. The molecule has 166 valence electrons. The van der Waals surface area contributed by atoms with Gasteiger partial charge in [0.2, 0.25) is 16.9 Å². The number of esters is 1. The lowest BCUT2D eigenvalue weighted by atomic mass is 9.95. The van der Waals surface area contributed by atoms with Crippen LogP contribution in [-0.2, 0) is 27.2 Å². The predicted octanol–water partition coefficient (Wildman–Crippen LogP) is 4.12. The molecule has 1 unspecified atom stereocenters. The molecule has 2 aliphatic carbocycles. The van der Waals surface area contributed by atoms with Gasteiger partial charge in [-0.3, -0.25) is 9.59 Å². The lowest BCUT2D eigenvalue weighted by Crippen LogP contribution is -2.23. The van der Waals surface area contributed by atoms with E-state index in [-0.39, 0.29) is 23.7 Å². The lowest BCUT2D eigenvalue weighted by Gasteiger charge is -2.13. The number of thioether (sulfide) groups is 1. The number of fused-ring (bicyclic) bond motifs is 1. The third-order valence-corrected chi connectivity index (χ3v) is 8.35. The molecule has 2 heterocycles. The molecule has 2 N–H and O–H groups in total. The minimum Gasteiger partial charge on any atom is -0.462 e. The number of amides is 2. The largest absolute Gasteiger partial charge is 0.462 e. The summed E-state index contributed by atoms with van der Waals surface area (Å²) in [5.41, 5.74) is 1.53. The molecule has 2 aliphatic rings. The van der Waals surface area contributed by atoms with E-state index in [1.54, 1.807) is 13.8 Å². The van der Waals surface area contributed by atoms with E-state index < -0.39 is 5.25 Å². The second kappa shape index (κ2) is 9.66. The lowest BCUT2D eigenvalue weighted by molar-refractivity contribution is -0.117. The number of ether oxygens (including phenoxy) is 1. The van der Waals surface area contributed by atoms with Crippen molar-refractivity contribution in [3.63, 3.8) is 0 Å². The number of nitrogens with one attached hydrogen (secondary N) is 2. The number of rotatable bonds is 8. The monoisotopic (exact) mass is 480 g/mol. The summed E-state index contributed by atoms with van der Waals surface area (Å²) >= 11 is 4.00. The van der Waals surface area contributed by atoms with E-state index in [1.165, 1.54) is 34.4 Å². The smallest absolute Gasteiger partial charge is 0.341 e. The Morgan fingerprint density at radius 3 is 2.68 bits per heavy atom. The van der Waals surface area contributed by atoms with Crippen molar-refractivity contribution in [3.8, 4) is 0 Å². The molecule has 1 atom stereocenters. The molecule has 0 aliphatic heterocycles. The molecule has 31 heavy (non-hydrogen) atoms. The number of hydrogen-bond acceptors (Lipinski definition) is 9. The molecule has 0 radical (unpaired) electrons. The van der Waals surface area contributed by atoms with E-state index in [4.69, 9.17) is 4.74 Å². The van der Waals surface area contributed by atoms with E-state index in [1.807, 2.05) is 0 Å². The van der Waals surface area contributed by atoms with Crippen molar-refractivity contribution in [1.29, 1.82) is 0 Å². The second-order valence-electron chi connectivity index (χ2n) is 7.52. The van der Waals surface area contributed by atoms with Crippen molar-refractivity contribution in [3.05, 3.63) is 16.0 Å². The Kier molecular flexibility index (Phi) is 6.92. The van der Waals surface area contributed by atoms with Crippen LogP contribution in [0.4, 0.5) is 10.1 Å². The minimum atomic E-state index is -0.450. The molecule has 8 nitrogen and oxygen atoms in total. The maximum Gasteiger partial charge on any atom is 0.341 e. The summed E-state index contributed by atoms with van der Waals surface area (Å²) in [5, 5.41) is 14.3. The molecular weight excluding hydrogens is 456 g/mol. The zero-order chi connectivity index (χ0) is 22.0. The standard InChI is InChI=1S/C20H24N4O4S3/c1-3-28-18(27)14-12-6-4-5-7-13(12)30-17(14)21-15(25)10(2)29-20-24-23-19(31-20)22-16(26)11-8-9-11/h10-11H,3-9H2,1-2H3,(H,21,25)(H,22,23,26). The summed E-state index contributed by atoms with van der Waals surface area (Å²) in [6, 6.07) is 0. The van der Waals surface area contributed by atoms with Crippen LogP contribution in [0, 0.1) is 5.92 Å². The molecule has 2 amide bonds. The Morgan fingerprint density at radius 2 is 1.94 bits per heavy atom. The van der Waals surface area contributed by atoms with Crippen LogP contribution in [0.1, 0.15) is 60.3 Å². The number of thiophene rings is 1. The third kappa shape index (κ3) is 5.27. The summed E-state index contributed by atoms with van der Waals surface area (Å²) < 4.78 is 5.85. The van der Waals surface area contributed by atoms with Crippen LogP contribution in [-0.4, -0.2) is 39.8 Å². The molecule has 0 bridgehead atoms. The molecule has 0 aromatic carbocycles. The third-order valence-electron chi connectivity index (χ3n) is 5.12. The number of anilines is 2. The molecule has 0 saturated heterocycles. The fourth-order valence-electron chi connectivity index (χ4n) is 3.35. The van der Waals surface area contributed by atoms with Crippen LogP contribution in [0.15, 0.2) is 4.34 Å². The highest BCUT2D eigenvalue weighted by molar-refractivity contribution is 8.02. The van der Waals surface area contributed by atoms with Crippen molar-refractivity contribution in [1.82, 2.24) is 10.2 Å². The normalized spacial score (nSPS) is 16.3. The van der Waals surface area contributed by atoms with Crippen LogP contribution in [0.25, 0.3) is 0 Å². The Hall–Kier alpha value is -1.98. The maximum absolute atomic E-state index is 12.9. The Labute approximate surface area is 192 Å². The molecule has 2 aromatic rings. The topological polar surface area (TPSA) is 110 Å². The van der Waals surface area contributed by atoms with Crippen molar-refractivity contribution in [2.75, 3.05) is 17.2 Å². The van der Waals surface area contributed by atoms with Crippen LogP contribution in [0.2, 0.25) is 0 Å². The van der Waals surface area contributed by atoms with Gasteiger partial charge in [-0.15, -0.1) is 21.5 Å². The van der Waals surface area contributed by atoms with Gasteiger partial charge in [0.15, 0.2) is 4.34 Å². The number of nitrogens with zero attached hydrogens (tertiary/aromatic N) is 2. The van der Waals surface area contributed by atoms with Crippen LogP contribution in [0.3, 0.4) is 0 Å². The van der Waals surface area contributed by atoms with Gasteiger partial charge in [0.25, 0.3) is 0 Å². The molecule has 11 heteroatoms. The molecule has 1 saturated carbocycles. The average Bonchev–Trinajstić information content (AvgIpc) is 3.41. The molecular formula is C20H24N4O4S3. The van der Waals surface area contributed by atoms with E-state index in [2.05, 4.69) is 20.8 Å². The van der Waals surface area contributed by atoms with Gasteiger partial charge in [-0.05, 0) is 57.9 Å². The fourth-order valence-corrected chi connectivity index (χ4v) is 6.53. The number of carbonyl (C=O) groups is 3. The maximum atomic E-state index is 12.9. The van der Waals surface area contributed by atoms with Gasteiger partial charge >= 0.3 is 5.97 Å². The van der Waals surface area contributed by atoms with Crippen molar-refractivity contribution >= 4 is 62.4 Å². The van der Waals surface area contributed by atoms with Gasteiger partial charge in [-0.25, -0.2) is 4.79 Å². The van der Waals surface area contributed by atoms with Gasteiger partial charge in [0.1, 0.15) is 5.00 Å². The SMILES string of the molecule is CCOC(=O)c1c(NC(=O)C(C)Sc2nnc(NC(=O)C3CC3)s2)sc2c1CCCC2. The summed E-state index contributed by atoms with van der Waals surface area (Å²) in [7, 11) is 0. The van der Waals surface area contributed by atoms with Gasteiger partial charge in [-0.1, -0.05) is 23.1 Å². The van der Waals surface area contributed by atoms with Crippen LogP contribution in [0.5, 0.6) is 0 Å². The quantitative estimate of drug-likeness (QED) is 0.332. The van der Waals surface area contributed by atoms with Gasteiger partial charge < -0.3 is 15.4 Å². The Morgan fingerprint density at radius 1 is 1.16 bits per heavy atom. The van der Waals surface area contributed by atoms with E-state index in [0.717, 1.165) is 49.0 Å². The predicted molar refractivity (Wildman–Crippen MR) is 122 cm³/mol. The van der Waals surface area contributed by atoms with Crippen LogP contribution >= 0.6 is 34.4 Å². The molecule has 4 rings (SSSR count). The highest BCUT2D eigenvalue weighted by atomic mass is 32.2. The molecule has 0 spiro atoms. The highest BCUT2D eigenvalue weighted by Gasteiger charge is 2.31. The van der Waals surface area contributed by atoms with E-state index >= 15 is 0 Å². The summed E-state index contributed by atoms with van der Waals surface area (Å²) in [6.07, 6.45) is 5.72. The Balaban J connectivity index is 1.42. The fraction of sp³-hybridized carbons (Fsp3) is 0.550. The van der Waals surface area contributed by atoms with Crippen molar-refractivity contribution in [2.24, 2.45) is 5.92 Å². The molecule has 1 fully saturated rings. The van der Waals surface area contributed by atoms with Gasteiger partial charge in [0, 0.05) is 10.8 Å². The first-order valence-electron chi connectivity index (χ1n) is 10.4. The average molecular weight is 481 g/mol. The first-order chi connectivity index (χ1) is 15.0. The zero-order valence-corrected chi connectivity index (χ0v) is 19.8. The van der Waals surface area contributed by atoms with Gasteiger partial charge in [0.05, 0.1) is 17.4 Å². The van der Waals surface area contributed by atoms with Gasteiger partial charge in [-0.2, -0.15) is 0 Å². The van der Waals surface area contributed by atoms with E-state index in [0.29, 0.717) is 26.6 Å². The molecule has 2 aromatic heterocycles. The number of hydrogen-bond donors (Lipinski definition) is 2.